The highest BCUT2D eigenvalue weighted by molar-refractivity contribution is 5.47. The molecule has 0 aliphatic heterocycles. The number of nitrogens with two attached hydrogens (primary N) is 2. The van der Waals surface area contributed by atoms with Crippen molar-refractivity contribution in [1.29, 1.82) is 0 Å². The van der Waals surface area contributed by atoms with Gasteiger partial charge in [-0.2, -0.15) is 0 Å². The zero-order valence-electron chi connectivity index (χ0n) is 10.1. The summed E-state index contributed by atoms with van der Waals surface area (Å²) in [6.07, 6.45) is 6.23. The Kier molecular flexibility index (Phi) is 3.49. The summed E-state index contributed by atoms with van der Waals surface area (Å²) in [5.41, 5.74) is 15.4. The average molecular weight is 218 g/mol. The third-order valence-electron chi connectivity index (χ3n) is 3.80. The van der Waals surface area contributed by atoms with E-state index in [1.807, 2.05) is 6.07 Å². The first-order valence-corrected chi connectivity index (χ1v) is 6.27. The van der Waals surface area contributed by atoms with Crippen LogP contribution in [0.1, 0.15) is 36.8 Å². The highest BCUT2D eigenvalue weighted by atomic mass is 14.7. The third-order valence-corrected chi connectivity index (χ3v) is 3.80. The lowest BCUT2D eigenvalue weighted by molar-refractivity contribution is 0.306. The summed E-state index contributed by atoms with van der Waals surface area (Å²) in [5.74, 6) is 0.664. The predicted octanol–water partition coefficient (Wildman–Crippen LogP) is 2.64. The summed E-state index contributed by atoms with van der Waals surface area (Å²) in [6.45, 7) is 2.07. The molecule has 2 atom stereocenters. The van der Waals surface area contributed by atoms with Gasteiger partial charge in [0.1, 0.15) is 0 Å². The third kappa shape index (κ3) is 2.56. The highest BCUT2D eigenvalue weighted by Gasteiger charge is 2.21. The summed E-state index contributed by atoms with van der Waals surface area (Å²) >= 11 is 0. The van der Waals surface area contributed by atoms with E-state index in [1.54, 1.807) is 0 Å². The number of hydrogen-bond acceptors (Lipinski definition) is 2. The van der Waals surface area contributed by atoms with Gasteiger partial charge in [-0.15, -0.1) is 0 Å². The molecule has 4 N–H and O–H groups in total. The van der Waals surface area contributed by atoms with Crippen LogP contribution in [0.25, 0.3) is 0 Å². The van der Waals surface area contributed by atoms with Crippen molar-refractivity contribution in [1.82, 2.24) is 0 Å². The molecule has 1 aromatic rings. The van der Waals surface area contributed by atoms with Gasteiger partial charge in [0.15, 0.2) is 0 Å². The van der Waals surface area contributed by atoms with Crippen molar-refractivity contribution in [2.75, 3.05) is 5.73 Å². The Labute approximate surface area is 98.0 Å². The van der Waals surface area contributed by atoms with Crippen molar-refractivity contribution >= 4 is 5.69 Å². The Morgan fingerprint density at radius 2 is 2.00 bits per heavy atom. The van der Waals surface area contributed by atoms with Crippen molar-refractivity contribution in [3.05, 3.63) is 29.3 Å². The van der Waals surface area contributed by atoms with E-state index in [-0.39, 0.29) is 0 Å². The van der Waals surface area contributed by atoms with Crippen molar-refractivity contribution in [2.45, 2.75) is 45.1 Å². The Hall–Kier alpha value is -1.02. The molecule has 0 radical (unpaired) electrons. The smallest absolute Gasteiger partial charge is 0.0343 e. The first-order chi connectivity index (χ1) is 7.66. The van der Waals surface area contributed by atoms with Crippen molar-refractivity contribution < 1.29 is 0 Å². The summed E-state index contributed by atoms with van der Waals surface area (Å²) in [7, 11) is 0. The van der Waals surface area contributed by atoms with Gasteiger partial charge in [-0.3, -0.25) is 0 Å². The number of rotatable bonds is 2. The first-order valence-electron chi connectivity index (χ1n) is 6.27. The monoisotopic (exact) mass is 218 g/mol. The van der Waals surface area contributed by atoms with E-state index in [4.69, 9.17) is 11.5 Å². The van der Waals surface area contributed by atoms with Crippen LogP contribution in [0, 0.1) is 12.8 Å². The molecule has 2 rings (SSSR count). The summed E-state index contributed by atoms with van der Waals surface area (Å²) < 4.78 is 0. The molecule has 0 unspecified atom stereocenters. The molecule has 0 saturated heterocycles. The van der Waals surface area contributed by atoms with Crippen molar-refractivity contribution in [3.63, 3.8) is 0 Å². The fourth-order valence-electron chi connectivity index (χ4n) is 2.66. The lowest BCUT2D eigenvalue weighted by Crippen LogP contribution is -2.34. The van der Waals surface area contributed by atoms with Gasteiger partial charge in [0.05, 0.1) is 0 Å². The molecule has 1 aromatic carbocycles. The SMILES string of the molecule is Cc1cc(C[C@H]2CCCC[C@@H]2N)ccc1N. The number of anilines is 1. The number of aryl methyl sites for hydroxylation is 1. The number of nitrogen functional groups attached to an aromatic ring is 1. The second-order valence-corrected chi connectivity index (χ2v) is 5.10. The Morgan fingerprint density at radius 3 is 2.69 bits per heavy atom. The molecular weight excluding hydrogens is 196 g/mol. The van der Waals surface area contributed by atoms with Crippen LogP contribution in [-0.4, -0.2) is 6.04 Å². The average Bonchev–Trinajstić information content (AvgIpc) is 2.27. The maximum absolute atomic E-state index is 6.17. The summed E-state index contributed by atoms with van der Waals surface area (Å²) in [4.78, 5) is 0. The van der Waals surface area contributed by atoms with Gasteiger partial charge >= 0.3 is 0 Å². The normalized spacial score (nSPS) is 25.6. The standard InChI is InChI=1S/C14H22N2/c1-10-8-11(6-7-13(10)15)9-12-4-2-3-5-14(12)16/h6-8,12,14H,2-5,9,15-16H2,1H3/t12-,14+/m1/s1. The first kappa shape index (κ1) is 11.5. The fraction of sp³-hybridized carbons (Fsp3) is 0.571. The molecule has 2 nitrogen and oxygen atoms in total. The second-order valence-electron chi connectivity index (χ2n) is 5.10. The Morgan fingerprint density at radius 1 is 1.25 bits per heavy atom. The summed E-state index contributed by atoms with van der Waals surface area (Å²) in [6, 6.07) is 6.76. The van der Waals surface area contributed by atoms with Gasteiger partial charge in [0, 0.05) is 11.7 Å². The molecule has 2 heteroatoms. The number of benzene rings is 1. The van der Waals surface area contributed by atoms with Crippen LogP contribution in [-0.2, 0) is 6.42 Å². The van der Waals surface area contributed by atoms with Crippen LogP contribution in [0.15, 0.2) is 18.2 Å². The molecule has 1 aliphatic rings. The largest absolute Gasteiger partial charge is 0.399 e. The van der Waals surface area contributed by atoms with Crippen molar-refractivity contribution in [2.24, 2.45) is 11.7 Å². The van der Waals surface area contributed by atoms with E-state index in [0.29, 0.717) is 12.0 Å². The lowest BCUT2D eigenvalue weighted by Gasteiger charge is -2.28. The van der Waals surface area contributed by atoms with Gasteiger partial charge < -0.3 is 11.5 Å². The molecule has 0 spiro atoms. The van der Waals surface area contributed by atoms with E-state index >= 15 is 0 Å². The molecule has 0 amide bonds. The number of hydrogen-bond donors (Lipinski definition) is 2. The second kappa shape index (κ2) is 4.88. The Balaban J connectivity index is 2.05. The zero-order valence-corrected chi connectivity index (χ0v) is 10.1. The lowest BCUT2D eigenvalue weighted by atomic mass is 9.81. The van der Waals surface area contributed by atoms with E-state index in [0.717, 1.165) is 12.1 Å². The quantitative estimate of drug-likeness (QED) is 0.750. The Bertz CT molecular complexity index is 360. The molecule has 16 heavy (non-hydrogen) atoms. The van der Waals surface area contributed by atoms with Crippen LogP contribution in [0.3, 0.4) is 0 Å². The van der Waals surface area contributed by atoms with Gasteiger partial charge in [-0.05, 0) is 49.3 Å². The van der Waals surface area contributed by atoms with Gasteiger partial charge in [-0.1, -0.05) is 25.0 Å². The van der Waals surface area contributed by atoms with Gasteiger partial charge in [0.2, 0.25) is 0 Å². The van der Waals surface area contributed by atoms with E-state index in [1.165, 1.54) is 36.8 Å². The van der Waals surface area contributed by atoms with E-state index in [9.17, 15) is 0 Å². The van der Waals surface area contributed by atoms with E-state index in [2.05, 4.69) is 19.1 Å². The fourth-order valence-corrected chi connectivity index (χ4v) is 2.66. The molecule has 1 fully saturated rings. The molecule has 0 aromatic heterocycles. The molecule has 1 aliphatic carbocycles. The topological polar surface area (TPSA) is 52.0 Å². The van der Waals surface area contributed by atoms with Crippen LogP contribution >= 0.6 is 0 Å². The summed E-state index contributed by atoms with van der Waals surface area (Å²) in [5, 5.41) is 0. The maximum Gasteiger partial charge on any atom is 0.0343 e. The van der Waals surface area contributed by atoms with Crippen LogP contribution in [0.4, 0.5) is 5.69 Å². The van der Waals surface area contributed by atoms with E-state index < -0.39 is 0 Å². The molecular formula is C14H22N2. The zero-order chi connectivity index (χ0) is 11.5. The minimum atomic E-state index is 0.395. The molecule has 88 valence electrons. The highest BCUT2D eigenvalue weighted by Crippen LogP contribution is 2.27. The molecule has 1 saturated carbocycles. The van der Waals surface area contributed by atoms with Crippen LogP contribution in [0.2, 0.25) is 0 Å². The van der Waals surface area contributed by atoms with Crippen molar-refractivity contribution in [3.8, 4) is 0 Å². The maximum atomic E-state index is 6.17. The minimum Gasteiger partial charge on any atom is -0.399 e. The van der Waals surface area contributed by atoms with Crippen LogP contribution in [0.5, 0.6) is 0 Å². The van der Waals surface area contributed by atoms with Crippen LogP contribution < -0.4 is 11.5 Å². The molecule has 0 bridgehead atoms. The minimum absolute atomic E-state index is 0.395. The van der Waals surface area contributed by atoms with Gasteiger partial charge in [-0.25, -0.2) is 0 Å². The van der Waals surface area contributed by atoms with Gasteiger partial charge in [0.25, 0.3) is 0 Å². The predicted molar refractivity (Wildman–Crippen MR) is 69.2 cm³/mol. The molecule has 0 heterocycles.